The second kappa shape index (κ2) is 14.1. The van der Waals surface area contributed by atoms with Gasteiger partial charge in [-0.25, -0.2) is 0 Å². The first-order valence-corrected chi connectivity index (χ1v) is 11.4. The molecule has 0 aromatic heterocycles. The Kier molecular flexibility index (Phi) is 12.7. The predicted octanol–water partition coefficient (Wildman–Crippen LogP) is 0.0418. The molecule has 0 bridgehead atoms. The summed E-state index contributed by atoms with van der Waals surface area (Å²) in [5.74, 6) is -1.13. The molecule has 194 valence electrons. The van der Waals surface area contributed by atoms with Crippen molar-refractivity contribution in [2.45, 2.75) is 109 Å². The van der Waals surface area contributed by atoms with Gasteiger partial charge in [-0.2, -0.15) is 0 Å². The highest BCUT2D eigenvalue weighted by Gasteiger charge is 2.52. The summed E-state index contributed by atoms with van der Waals surface area (Å²) < 4.78 is 28.6. The van der Waals surface area contributed by atoms with Crippen molar-refractivity contribution in [3.8, 4) is 0 Å². The van der Waals surface area contributed by atoms with Crippen LogP contribution in [0.5, 0.6) is 0 Å². The molecule has 0 aromatic rings. The lowest BCUT2D eigenvalue weighted by atomic mass is 9.97. The standard InChI is InChI=1S/C22H40O11/c1-6-8-16(27)31-19-18(33-22(3,4)5)15(11-24)30-21(20(19)32-17(28)9-7-2)29-12-14(26)13(25)10-23/h13-15,18-21,23-26H,6-12H2,1-5H3/t13-,14+,15+,18+,19-,20-,21+/m0/s1. The summed E-state index contributed by atoms with van der Waals surface area (Å²) in [5, 5.41) is 38.5. The maximum absolute atomic E-state index is 12.4. The van der Waals surface area contributed by atoms with Crippen LogP contribution in [0.1, 0.15) is 60.3 Å². The van der Waals surface area contributed by atoms with Crippen LogP contribution < -0.4 is 0 Å². The van der Waals surface area contributed by atoms with Gasteiger partial charge in [-0.1, -0.05) is 13.8 Å². The number of aliphatic hydroxyl groups is 4. The van der Waals surface area contributed by atoms with E-state index < -0.39 is 80.3 Å². The first-order chi connectivity index (χ1) is 15.5. The fourth-order valence-electron chi connectivity index (χ4n) is 3.23. The van der Waals surface area contributed by atoms with Gasteiger partial charge in [0.05, 0.1) is 25.4 Å². The van der Waals surface area contributed by atoms with Crippen molar-refractivity contribution in [2.24, 2.45) is 0 Å². The number of ether oxygens (including phenoxy) is 5. The molecule has 1 aliphatic rings. The van der Waals surface area contributed by atoms with Crippen LogP contribution in [0, 0.1) is 0 Å². The largest absolute Gasteiger partial charge is 0.455 e. The van der Waals surface area contributed by atoms with Crippen LogP contribution in [0.2, 0.25) is 0 Å². The summed E-state index contributed by atoms with van der Waals surface area (Å²) >= 11 is 0. The molecule has 0 aromatic carbocycles. The van der Waals surface area contributed by atoms with Crippen LogP contribution in [-0.4, -0.2) is 101 Å². The summed E-state index contributed by atoms with van der Waals surface area (Å²) in [6.45, 7) is 7.25. The molecule has 0 radical (unpaired) electrons. The molecule has 11 nitrogen and oxygen atoms in total. The monoisotopic (exact) mass is 480 g/mol. The van der Waals surface area contributed by atoms with E-state index in [0.717, 1.165) is 0 Å². The second-order valence-corrected chi connectivity index (χ2v) is 8.98. The molecule has 1 aliphatic heterocycles. The minimum atomic E-state index is -1.46. The smallest absolute Gasteiger partial charge is 0.306 e. The fourth-order valence-corrected chi connectivity index (χ4v) is 3.23. The predicted molar refractivity (Wildman–Crippen MR) is 115 cm³/mol. The fraction of sp³-hybridized carbons (Fsp3) is 0.909. The molecule has 7 atom stereocenters. The highest BCUT2D eigenvalue weighted by Crippen LogP contribution is 2.32. The van der Waals surface area contributed by atoms with Crippen molar-refractivity contribution in [3.05, 3.63) is 0 Å². The number of carbonyl (C=O) groups excluding carboxylic acids is 2. The third-order valence-corrected chi connectivity index (χ3v) is 4.77. The van der Waals surface area contributed by atoms with E-state index >= 15 is 0 Å². The van der Waals surface area contributed by atoms with Crippen molar-refractivity contribution in [1.82, 2.24) is 0 Å². The minimum Gasteiger partial charge on any atom is -0.455 e. The zero-order valence-electron chi connectivity index (χ0n) is 20.1. The first-order valence-electron chi connectivity index (χ1n) is 11.4. The molecule has 0 amide bonds. The van der Waals surface area contributed by atoms with Crippen molar-refractivity contribution in [3.63, 3.8) is 0 Å². The van der Waals surface area contributed by atoms with Crippen molar-refractivity contribution < 1.29 is 53.7 Å². The highest BCUT2D eigenvalue weighted by atomic mass is 16.7. The Hall–Kier alpha value is -1.34. The van der Waals surface area contributed by atoms with Crippen LogP contribution in [0.4, 0.5) is 0 Å². The van der Waals surface area contributed by atoms with E-state index in [1.54, 1.807) is 27.7 Å². The molecule has 0 saturated carbocycles. The average Bonchev–Trinajstić information content (AvgIpc) is 2.73. The van der Waals surface area contributed by atoms with Gasteiger partial charge >= 0.3 is 11.9 Å². The molecule has 1 rings (SSSR count). The van der Waals surface area contributed by atoms with E-state index in [4.69, 9.17) is 28.8 Å². The lowest BCUT2D eigenvalue weighted by molar-refractivity contribution is -0.325. The lowest BCUT2D eigenvalue weighted by Crippen LogP contribution is -2.63. The summed E-state index contributed by atoms with van der Waals surface area (Å²) in [4.78, 5) is 24.8. The van der Waals surface area contributed by atoms with Gasteiger partial charge < -0.3 is 44.1 Å². The van der Waals surface area contributed by atoms with Gasteiger partial charge in [-0.3, -0.25) is 9.59 Å². The Labute approximate surface area is 194 Å². The van der Waals surface area contributed by atoms with Gasteiger partial charge in [-0.05, 0) is 33.6 Å². The third kappa shape index (κ3) is 9.81. The Bertz CT molecular complexity index is 591. The Morgan fingerprint density at radius 2 is 1.45 bits per heavy atom. The van der Waals surface area contributed by atoms with E-state index in [-0.39, 0.29) is 12.8 Å². The molecule has 11 heteroatoms. The maximum Gasteiger partial charge on any atom is 0.306 e. The van der Waals surface area contributed by atoms with E-state index in [1.807, 2.05) is 6.92 Å². The van der Waals surface area contributed by atoms with Gasteiger partial charge in [0, 0.05) is 12.8 Å². The highest BCUT2D eigenvalue weighted by molar-refractivity contribution is 5.70. The van der Waals surface area contributed by atoms with Crippen LogP contribution in [0.3, 0.4) is 0 Å². The molecule has 1 heterocycles. The van der Waals surface area contributed by atoms with E-state index in [1.165, 1.54) is 0 Å². The van der Waals surface area contributed by atoms with Crippen molar-refractivity contribution in [2.75, 3.05) is 19.8 Å². The van der Waals surface area contributed by atoms with Crippen molar-refractivity contribution in [1.29, 1.82) is 0 Å². The Balaban J connectivity index is 3.29. The molecule has 1 fully saturated rings. The Morgan fingerprint density at radius 1 is 0.909 bits per heavy atom. The third-order valence-electron chi connectivity index (χ3n) is 4.77. The number of carbonyl (C=O) groups is 2. The van der Waals surface area contributed by atoms with Gasteiger partial charge in [0.15, 0.2) is 18.5 Å². The van der Waals surface area contributed by atoms with Crippen LogP contribution >= 0.6 is 0 Å². The summed E-state index contributed by atoms with van der Waals surface area (Å²) in [6.07, 6.45) is -7.42. The average molecular weight is 481 g/mol. The van der Waals surface area contributed by atoms with Crippen LogP contribution in [0.15, 0.2) is 0 Å². The number of rotatable bonds is 13. The molecule has 0 spiro atoms. The number of hydrogen-bond acceptors (Lipinski definition) is 11. The summed E-state index contributed by atoms with van der Waals surface area (Å²) in [6, 6.07) is 0. The van der Waals surface area contributed by atoms with Crippen molar-refractivity contribution >= 4 is 11.9 Å². The Morgan fingerprint density at radius 3 is 1.91 bits per heavy atom. The van der Waals surface area contributed by atoms with Crippen LogP contribution in [0.25, 0.3) is 0 Å². The van der Waals surface area contributed by atoms with Gasteiger partial charge in [-0.15, -0.1) is 0 Å². The molecule has 1 saturated heterocycles. The molecule has 0 unspecified atom stereocenters. The van der Waals surface area contributed by atoms with Gasteiger partial charge in [0.2, 0.25) is 0 Å². The minimum absolute atomic E-state index is 0.0962. The van der Waals surface area contributed by atoms with Gasteiger partial charge in [0.25, 0.3) is 0 Å². The van der Waals surface area contributed by atoms with E-state index in [9.17, 15) is 24.9 Å². The van der Waals surface area contributed by atoms with E-state index in [2.05, 4.69) is 0 Å². The lowest BCUT2D eigenvalue weighted by Gasteiger charge is -2.46. The number of hydrogen-bond donors (Lipinski definition) is 4. The van der Waals surface area contributed by atoms with Crippen LogP contribution in [-0.2, 0) is 33.3 Å². The first kappa shape index (κ1) is 29.7. The number of aliphatic hydroxyl groups excluding tert-OH is 4. The number of esters is 2. The quantitative estimate of drug-likeness (QED) is 0.263. The SMILES string of the molecule is CCCC(=O)O[C@@H]1[C@H](OC(=O)CCC)[C@H](OC[C@@H](O)[C@@H](O)CO)O[C@H](CO)[C@H]1OC(C)(C)C. The summed E-state index contributed by atoms with van der Waals surface area (Å²) in [7, 11) is 0. The van der Waals surface area contributed by atoms with E-state index in [0.29, 0.717) is 12.8 Å². The normalized spacial score (nSPS) is 27.6. The second-order valence-electron chi connectivity index (χ2n) is 8.98. The zero-order chi connectivity index (χ0) is 25.2. The topological polar surface area (TPSA) is 161 Å². The molecule has 33 heavy (non-hydrogen) atoms. The maximum atomic E-state index is 12.4. The molecular weight excluding hydrogens is 440 g/mol. The molecule has 4 N–H and O–H groups in total. The zero-order valence-corrected chi connectivity index (χ0v) is 20.1. The van der Waals surface area contributed by atoms with Gasteiger partial charge in [0.1, 0.15) is 24.4 Å². The summed E-state index contributed by atoms with van der Waals surface area (Å²) in [5.41, 5.74) is -0.718. The molecular formula is C22H40O11. The molecule has 0 aliphatic carbocycles.